The molecule has 0 amide bonds. The molecule has 0 fully saturated rings. The lowest BCUT2D eigenvalue weighted by atomic mass is 9.95. The van der Waals surface area contributed by atoms with Gasteiger partial charge < -0.3 is 0 Å². The number of rotatable bonds is 3. The summed E-state index contributed by atoms with van der Waals surface area (Å²) in [7, 11) is 0. The maximum atomic E-state index is 13.2. The first-order valence-corrected chi connectivity index (χ1v) is 9.60. The predicted molar refractivity (Wildman–Crippen MR) is 116 cm³/mol. The van der Waals surface area contributed by atoms with Crippen LogP contribution in [0.4, 0.5) is 5.69 Å². The molecular formula is C24H13ClN2O3. The van der Waals surface area contributed by atoms with Gasteiger partial charge in [0.05, 0.1) is 21.9 Å². The van der Waals surface area contributed by atoms with E-state index in [1.165, 1.54) is 12.1 Å². The van der Waals surface area contributed by atoms with Gasteiger partial charge in [-0.25, -0.2) is 4.98 Å². The Labute approximate surface area is 176 Å². The fraction of sp³-hybridized carbons (Fsp3) is 0. The van der Waals surface area contributed by atoms with Crippen molar-refractivity contribution in [1.29, 1.82) is 0 Å². The maximum absolute atomic E-state index is 13.2. The van der Waals surface area contributed by atoms with Crippen LogP contribution in [0.5, 0.6) is 0 Å². The van der Waals surface area contributed by atoms with Crippen molar-refractivity contribution in [1.82, 2.24) is 4.98 Å². The van der Waals surface area contributed by atoms with E-state index < -0.39 is 4.92 Å². The molecule has 0 spiro atoms. The summed E-state index contributed by atoms with van der Waals surface area (Å²) in [5.41, 5.74) is 5.09. The number of non-ortho nitro benzene ring substituents is 1. The zero-order valence-electron chi connectivity index (χ0n) is 15.5. The summed E-state index contributed by atoms with van der Waals surface area (Å²) in [4.78, 5) is 28.8. The molecular weight excluding hydrogens is 400 g/mol. The van der Waals surface area contributed by atoms with Gasteiger partial charge in [0.25, 0.3) is 5.69 Å². The Balaban J connectivity index is 1.81. The van der Waals surface area contributed by atoms with Gasteiger partial charge in [0.15, 0.2) is 5.78 Å². The molecule has 5 rings (SSSR count). The molecule has 1 aliphatic carbocycles. The normalized spacial score (nSPS) is 11.8. The van der Waals surface area contributed by atoms with Crippen LogP contribution in [-0.4, -0.2) is 15.7 Å². The topological polar surface area (TPSA) is 73.1 Å². The quantitative estimate of drug-likeness (QED) is 0.261. The third-order valence-electron chi connectivity index (χ3n) is 5.18. The van der Waals surface area contributed by atoms with Gasteiger partial charge in [0, 0.05) is 33.8 Å². The minimum Gasteiger partial charge on any atom is -0.288 e. The molecule has 6 heteroatoms. The molecule has 4 aromatic rings. The van der Waals surface area contributed by atoms with Crippen LogP contribution in [0.1, 0.15) is 15.9 Å². The van der Waals surface area contributed by atoms with E-state index in [0.29, 0.717) is 38.7 Å². The van der Waals surface area contributed by atoms with E-state index in [9.17, 15) is 14.9 Å². The molecule has 1 aromatic heterocycles. The second kappa shape index (κ2) is 6.90. The van der Waals surface area contributed by atoms with Gasteiger partial charge in [-0.15, -0.1) is 0 Å². The van der Waals surface area contributed by atoms with Crippen molar-refractivity contribution in [2.45, 2.75) is 0 Å². The number of fused-ring (bicyclic) bond motifs is 3. The third-order valence-corrected chi connectivity index (χ3v) is 5.43. The van der Waals surface area contributed by atoms with E-state index in [2.05, 4.69) is 0 Å². The lowest BCUT2D eigenvalue weighted by Gasteiger charge is -2.11. The average Bonchev–Trinajstić information content (AvgIpc) is 3.06. The molecule has 30 heavy (non-hydrogen) atoms. The molecule has 0 saturated carbocycles. The summed E-state index contributed by atoms with van der Waals surface area (Å²) < 4.78 is 0. The molecule has 3 aromatic carbocycles. The summed E-state index contributed by atoms with van der Waals surface area (Å²) in [5.74, 6) is -0.128. The highest BCUT2D eigenvalue weighted by molar-refractivity contribution is 6.30. The zero-order chi connectivity index (χ0) is 20.8. The summed E-state index contributed by atoms with van der Waals surface area (Å²) >= 11 is 6.02. The molecule has 0 bridgehead atoms. The van der Waals surface area contributed by atoms with Gasteiger partial charge in [-0.05, 0) is 29.3 Å². The number of pyridine rings is 1. The summed E-state index contributed by atoms with van der Waals surface area (Å²) in [6, 6.07) is 22.7. The molecule has 0 saturated heterocycles. The molecule has 144 valence electrons. The molecule has 0 atom stereocenters. The van der Waals surface area contributed by atoms with Gasteiger partial charge in [0.2, 0.25) is 0 Å². The Kier molecular flexibility index (Phi) is 4.19. The van der Waals surface area contributed by atoms with Gasteiger partial charge in [-0.3, -0.25) is 14.9 Å². The monoisotopic (exact) mass is 412 g/mol. The van der Waals surface area contributed by atoms with Gasteiger partial charge in [0.1, 0.15) is 0 Å². The van der Waals surface area contributed by atoms with Crippen molar-refractivity contribution in [2.24, 2.45) is 0 Å². The Hall–Kier alpha value is -3.83. The number of nitro groups is 1. The second-order valence-corrected chi connectivity index (χ2v) is 7.40. The number of carbonyl (C=O) groups is 1. The largest absolute Gasteiger partial charge is 0.288 e. The number of aromatic nitrogens is 1. The first kappa shape index (κ1) is 18.2. The fourth-order valence-corrected chi connectivity index (χ4v) is 3.90. The average molecular weight is 413 g/mol. The number of ketones is 1. The number of nitrogens with zero attached hydrogens (tertiary/aromatic N) is 2. The number of carbonyl (C=O) groups excluding carboxylic acids is 1. The Morgan fingerprint density at radius 3 is 2.27 bits per heavy atom. The first-order chi connectivity index (χ1) is 14.5. The molecule has 0 N–H and O–H groups in total. The standard InChI is InChI=1S/C24H13ClN2O3/c25-16-10-8-14(9-11-16)21-13-20(15-4-3-5-17(12-15)27(29)30)22-23(26-21)18-6-1-2-7-19(18)24(22)28/h1-13H. The van der Waals surface area contributed by atoms with Crippen molar-refractivity contribution < 1.29 is 9.72 Å². The molecule has 0 unspecified atom stereocenters. The Morgan fingerprint density at radius 1 is 0.800 bits per heavy atom. The minimum absolute atomic E-state index is 0.0333. The number of benzene rings is 3. The van der Waals surface area contributed by atoms with E-state index in [1.54, 1.807) is 30.3 Å². The van der Waals surface area contributed by atoms with Crippen LogP contribution in [-0.2, 0) is 0 Å². The van der Waals surface area contributed by atoms with Crippen molar-refractivity contribution in [3.8, 4) is 33.6 Å². The minimum atomic E-state index is -0.443. The third kappa shape index (κ3) is 2.88. The van der Waals surface area contributed by atoms with Gasteiger partial charge in [-0.1, -0.05) is 60.1 Å². The number of nitro benzene ring substituents is 1. The SMILES string of the molecule is O=C1c2ccccc2-c2nc(-c3ccc(Cl)cc3)cc(-c3cccc([N+](=O)[O-])c3)c21. The van der Waals surface area contributed by atoms with E-state index >= 15 is 0 Å². The molecule has 1 heterocycles. The van der Waals surface area contributed by atoms with E-state index in [0.717, 1.165) is 11.1 Å². The smallest absolute Gasteiger partial charge is 0.270 e. The number of halogens is 1. The van der Waals surface area contributed by atoms with Crippen LogP contribution in [0.2, 0.25) is 5.02 Å². The van der Waals surface area contributed by atoms with Crippen LogP contribution in [0.3, 0.4) is 0 Å². The van der Waals surface area contributed by atoms with E-state index in [1.807, 2.05) is 36.4 Å². The zero-order valence-corrected chi connectivity index (χ0v) is 16.3. The summed E-state index contributed by atoms with van der Waals surface area (Å²) in [6.07, 6.45) is 0. The van der Waals surface area contributed by atoms with Crippen LogP contribution in [0, 0.1) is 10.1 Å². The van der Waals surface area contributed by atoms with E-state index in [-0.39, 0.29) is 11.5 Å². The lowest BCUT2D eigenvalue weighted by Crippen LogP contribution is -2.01. The summed E-state index contributed by atoms with van der Waals surface area (Å²) in [6.45, 7) is 0. The lowest BCUT2D eigenvalue weighted by molar-refractivity contribution is -0.384. The molecule has 5 nitrogen and oxygen atoms in total. The predicted octanol–water partition coefficient (Wildman–Crippen LogP) is 6.19. The van der Waals surface area contributed by atoms with Crippen LogP contribution in [0.25, 0.3) is 33.6 Å². The maximum Gasteiger partial charge on any atom is 0.270 e. The highest BCUT2D eigenvalue weighted by Gasteiger charge is 2.31. The Morgan fingerprint density at radius 2 is 1.53 bits per heavy atom. The molecule has 0 aliphatic heterocycles. The number of hydrogen-bond donors (Lipinski definition) is 0. The fourth-order valence-electron chi connectivity index (χ4n) is 3.78. The first-order valence-electron chi connectivity index (χ1n) is 9.23. The van der Waals surface area contributed by atoms with Crippen molar-refractivity contribution >= 4 is 23.1 Å². The van der Waals surface area contributed by atoms with Crippen molar-refractivity contribution in [3.63, 3.8) is 0 Å². The van der Waals surface area contributed by atoms with Gasteiger partial charge in [-0.2, -0.15) is 0 Å². The van der Waals surface area contributed by atoms with Crippen LogP contribution < -0.4 is 0 Å². The number of hydrogen-bond acceptors (Lipinski definition) is 4. The van der Waals surface area contributed by atoms with E-state index in [4.69, 9.17) is 16.6 Å². The Bertz CT molecular complexity index is 1350. The van der Waals surface area contributed by atoms with Crippen molar-refractivity contribution in [2.75, 3.05) is 0 Å². The highest BCUT2D eigenvalue weighted by atomic mass is 35.5. The summed E-state index contributed by atoms with van der Waals surface area (Å²) in [5, 5.41) is 11.9. The van der Waals surface area contributed by atoms with Crippen LogP contribution in [0.15, 0.2) is 78.9 Å². The molecule has 0 radical (unpaired) electrons. The van der Waals surface area contributed by atoms with Crippen LogP contribution >= 0.6 is 11.6 Å². The van der Waals surface area contributed by atoms with Crippen molar-refractivity contribution in [3.05, 3.63) is 105 Å². The van der Waals surface area contributed by atoms with Gasteiger partial charge >= 0.3 is 0 Å². The highest BCUT2D eigenvalue weighted by Crippen LogP contribution is 2.42. The molecule has 1 aliphatic rings. The second-order valence-electron chi connectivity index (χ2n) is 6.97.